The summed E-state index contributed by atoms with van der Waals surface area (Å²) in [4.78, 5) is 41.5. The van der Waals surface area contributed by atoms with Crippen LogP contribution in [0.15, 0.2) is 35.4 Å². The summed E-state index contributed by atoms with van der Waals surface area (Å²) in [7, 11) is 0. The van der Waals surface area contributed by atoms with Crippen LogP contribution in [0.1, 0.15) is 18.2 Å². The highest BCUT2D eigenvalue weighted by Gasteiger charge is 2.35. The molecule has 1 saturated heterocycles. The van der Waals surface area contributed by atoms with E-state index in [1.165, 1.54) is 12.1 Å². The van der Waals surface area contributed by atoms with Gasteiger partial charge in [0.1, 0.15) is 18.7 Å². The number of non-ortho nitro benzene ring substituents is 1. The average molecular weight is 421 g/mol. The highest BCUT2D eigenvalue weighted by Crippen LogP contribution is 2.27. The molecule has 3 rings (SSSR count). The minimum atomic E-state index is -0.921. The molecule has 2 heterocycles. The Morgan fingerprint density at radius 3 is 2.73 bits per heavy atom. The lowest BCUT2D eigenvalue weighted by Crippen LogP contribution is -2.30. The molecule has 1 fully saturated rings. The van der Waals surface area contributed by atoms with Gasteiger partial charge in [0.2, 0.25) is 5.95 Å². The summed E-state index contributed by atoms with van der Waals surface area (Å²) in [5, 5.41) is 31.7. The van der Waals surface area contributed by atoms with Crippen LogP contribution in [0.4, 0.5) is 16.4 Å². The fourth-order valence-electron chi connectivity index (χ4n) is 2.82. The lowest BCUT2D eigenvalue weighted by molar-refractivity contribution is -0.384. The van der Waals surface area contributed by atoms with Gasteiger partial charge in [-0.25, -0.2) is 14.6 Å². The number of anilines is 1. The van der Waals surface area contributed by atoms with Crippen LogP contribution in [0.3, 0.4) is 0 Å². The smallest absolute Gasteiger partial charge is 0.414 e. The molecule has 0 saturated carbocycles. The van der Waals surface area contributed by atoms with Gasteiger partial charge in [0.05, 0.1) is 24.2 Å². The second-order valence-corrected chi connectivity index (χ2v) is 6.42. The lowest BCUT2D eigenvalue weighted by Gasteiger charge is -2.14. The summed E-state index contributed by atoms with van der Waals surface area (Å²) in [6, 6.07) is 5.83. The maximum absolute atomic E-state index is 12.1. The first-order valence-electron chi connectivity index (χ1n) is 8.94. The van der Waals surface area contributed by atoms with Crippen molar-refractivity contribution in [2.75, 3.05) is 18.5 Å². The minimum Gasteiger partial charge on any atom is -0.449 e. The second-order valence-electron chi connectivity index (χ2n) is 6.42. The van der Waals surface area contributed by atoms with E-state index in [1.54, 1.807) is 12.1 Å². The zero-order valence-electron chi connectivity index (χ0n) is 15.6. The number of amides is 1. The third-order valence-corrected chi connectivity index (χ3v) is 4.41. The van der Waals surface area contributed by atoms with Crippen molar-refractivity contribution in [3.05, 3.63) is 56.8 Å². The summed E-state index contributed by atoms with van der Waals surface area (Å²) >= 11 is 0. The van der Waals surface area contributed by atoms with Crippen molar-refractivity contribution in [3.63, 3.8) is 0 Å². The Kier molecular flexibility index (Phi) is 6.66. The number of aliphatic hydroxyl groups is 2. The molecule has 13 heteroatoms. The van der Waals surface area contributed by atoms with Crippen molar-refractivity contribution >= 4 is 17.7 Å². The van der Waals surface area contributed by atoms with Crippen LogP contribution in [0.2, 0.25) is 0 Å². The molecule has 3 atom stereocenters. The standard InChI is InChI=1S/C17H19N5O8/c23-8-13-12(24)7-14(30-13)21-9-18-15(19-16(21)25)20-17(26)29-6-5-10-1-3-11(4-2-10)22(27)28/h1-4,9,12-14,23-24H,5-8H2,(H,19,20,25,26)/t12-,13+,14+/m0/s1. The minimum absolute atomic E-state index is 0.00292. The molecular weight excluding hydrogens is 402 g/mol. The van der Waals surface area contributed by atoms with E-state index >= 15 is 0 Å². The Balaban J connectivity index is 1.50. The number of benzene rings is 1. The average Bonchev–Trinajstić information content (AvgIpc) is 3.09. The van der Waals surface area contributed by atoms with Gasteiger partial charge in [-0.15, -0.1) is 0 Å². The van der Waals surface area contributed by atoms with Crippen LogP contribution >= 0.6 is 0 Å². The van der Waals surface area contributed by atoms with Crippen molar-refractivity contribution in [2.24, 2.45) is 0 Å². The zero-order valence-corrected chi connectivity index (χ0v) is 15.6. The third kappa shape index (κ3) is 5.14. The largest absolute Gasteiger partial charge is 0.449 e. The first-order valence-corrected chi connectivity index (χ1v) is 8.94. The number of nitrogens with zero attached hydrogens (tertiary/aromatic N) is 4. The molecule has 0 unspecified atom stereocenters. The van der Waals surface area contributed by atoms with Crippen LogP contribution in [-0.4, -0.2) is 61.2 Å². The number of nitro benzene ring substituents is 1. The van der Waals surface area contributed by atoms with Crippen molar-refractivity contribution in [1.82, 2.24) is 14.5 Å². The van der Waals surface area contributed by atoms with E-state index in [2.05, 4.69) is 15.3 Å². The molecule has 160 valence electrons. The Hall–Kier alpha value is -3.42. The van der Waals surface area contributed by atoms with Gasteiger partial charge in [-0.05, 0) is 5.56 Å². The zero-order chi connectivity index (χ0) is 21.7. The number of carbonyl (C=O) groups is 1. The fourth-order valence-corrected chi connectivity index (χ4v) is 2.82. The van der Waals surface area contributed by atoms with Gasteiger partial charge in [-0.2, -0.15) is 4.98 Å². The third-order valence-electron chi connectivity index (χ3n) is 4.41. The molecular formula is C17H19N5O8. The van der Waals surface area contributed by atoms with Gasteiger partial charge in [0.15, 0.2) is 0 Å². The van der Waals surface area contributed by atoms with Crippen molar-refractivity contribution < 1.29 is 29.4 Å². The highest BCUT2D eigenvalue weighted by atomic mass is 16.6. The summed E-state index contributed by atoms with van der Waals surface area (Å²) in [6.45, 7) is -0.393. The molecule has 0 radical (unpaired) electrons. The number of hydrogen-bond acceptors (Lipinski definition) is 10. The van der Waals surface area contributed by atoms with E-state index in [0.717, 1.165) is 16.5 Å². The quantitative estimate of drug-likeness (QED) is 0.406. The van der Waals surface area contributed by atoms with Crippen LogP contribution in [0, 0.1) is 10.1 Å². The van der Waals surface area contributed by atoms with E-state index in [-0.39, 0.29) is 24.7 Å². The van der Waals surface area contributed by atoms with E-state index in [4.69, 9.17) is 14.6 Å². The van der Waals surface area contributed by atoms with E-state index in [1.807, 2.05) is 0 Å². The maximum atomic E-state index is 12.1. The van der Waals surface area contributed by atoms with Gasteiger partial charge in [0, 0.05) is 25.0 Å². The molecule has 1 aromatic carbocycles. The molecule has 1 aromatic heterocycles. The van der Waals surface area contributed by atoms with Gasteiger partial charge >= 0.3 is 11.8 Å². The van der Waals surface area contributed by atoms with Crippen molar-refractivity contribution in [3.8, 4) is 0 Å². The van der Waals surface area contributed by atoms with Gasteiger partial charge < -0.3 is 19.7 Å². The Morgan fingerprint density at radius 2 is 2.13 bits per heavy atom. The number of carbonyl (C=O) groups excluding carboxylic acids is 1. The van der Waals surface area contributed by atoms with Crippen LogP contribution in [-0.2, 0) is 15.9 Å². The normalized spacial score (nSPS) is 20.7. The summed E-state index contributed by atoms with van der Waals surface area (Å²) in [6.07, 6.45) is -1.89. The monoisotopic (exact) mass is 421 g/mol. The summed E-state index contributed by atoms with van der Waals surface area (Å²) < 4.78 is 11.4. The number of ether oxygens (including phenoxy) is 2. The second kappa shape index (κ2) is 9.39. The molecule has 1 amide bonds. The molecule has 1 aliphatic rings. The summed E-state index contributed by atoms with van der Waals surface area (Å²) in [5.41, 5.74) is -0.0529. The van der Waals surface area contributed by atoms with Crippen molar-refractivity contribution in [2.45, 2.75) is 31.3 Å². The predicted octanol–water partition coefficient (Wildman–Crippen LogP) is -0.0216. The van der Waals surface area contributed by atoms with E-state index in [0.29, 0.717) is 6.42 Å². The fraction of sp³-hybridized carbons (Fsp3) is 0.412. The Morgan fingerprint density at radius 1 is 1.40 bits per heavy atom. The maximum Gasteiger partial charge on any atom is 0.414 e. The first kappa shape index (κ1) is 21.3. The molecule has 3 N–H and O–H groups in total. The van der Waals surface area contributed by atoms with Crippen LogP contribution in [0.5, 0.6) is 0 Å². The topological polar surface area (TPSA) is 179 Å². The van der Waals surface area contributed by atoms with Crippen molar-refractivity contribution in [1.29, 1.82) is 0 Å². The number of aliphatic hydroxyl groups excluding tert-OH is 2. The molecule has 0 aliphatic carbocycles. The number of hydrogen-bond donors (Lipinski definition) is 3. The number of nitrogens with one attached hydrogen (secondary N) is 1. The number of aromatic nitrogens is 3. The molecule has 0 spiro atoms. The molecule has 2 aromatic rings. The first-order chi connectivity index (χ1) is 14.4. The number of nitro groups is 1. The van der Waals surface area contributed by atoms with Crippen LogP contribution in [0.25, 0.3) is 0 Å². The Bertz CT molecular complexity index is 963. The molecule has 1 aliphatic heterocycles. The van der Waals surface area contributed by atoms with E-state index < -0.39 is 41.7 Å². The molecule has 30 heavy (non-hydrogen) atoms. The van der Waals surface area contributed by atoms with Gasteiger partial charge in [-0.1, -0.05) is 12.1 Å². The lowest BCUT2D eigenvalue weighted by atomic mass is 10.1. The SMILES string of the molecule is O=C(Nc1ncn([C@H]2C[C@H](O)[C@@H](CO)O2)c(=O)n1)OCCc1ccc([N+](=O)[O-])cc1. The summed E-state index contributed by atoms with van der Waals surface area (Å²) in [5.74, 6) is -0.270. The molecule has 0 bridgehead atoms. The predicted molar refractivity (Wildman–Crippen MR) is 99.7 cm³/mol. The van der Waals surface area contributed by atoms with Gasteiger partial charge in [0.25, 0.3) is 5.69 Å². The highest BCUT2D eigenvalue weighted by molar-refractivity contribution is 5.82. The number of rotatable bonds is 7. The van der Waals surface area contributed by atoms with Crippen LogP contribution < -0.4 is 11.0 Å². The molecule has 13 nitrogen and oxygen atoms in total. The van der Waals surface area contributed by atoms with E-state index in [9.17, 15) is 24.8 Å². The van der Waals surface area contributed by atoms with Gasteiger partial charge in [-0.3, -0.25) is 20.0 Å². The Labute approximate surface area is 169 Å².